The summed E-state index contributed by atoms with van der Waals surface area (Å²) in [6.07, 6.45) is 1.47. The predicted molar refractivity (Wildman–Crippen MR) is 113 cm³/mol. The monoisotopic (exact) mass is 420 g/mol. The second-order valence-corrected chi connectivity index (χ2v) is 7.59. The minimum absolute atomic E-state index is 0.0559. The van der Waals surface area contributed by atoms with Crippen molar-refractivity contribution in [3.05, 3.63) is 48.0 Å². The summed E-state index contributed by atoms with van der Waals surface area (Å²) >= 11 is 1.68. The van der Waals surface area contributed by atoms with Gasteiger partial charge >= 0.3 is 5.97 Å². The minimum atomic E-state index is -1.06. The van der Waals surface area contributed by atoms with Gasteiger partial charge in [0.1, 0.15) is 5.75 Å². The van der Waals surface area contributed by atoms with Crippen molar-refractivity contribution in [1.82, 2.24) is 0 Å². The Labute approximate surface area is 175 Å². The van der Waals surface area contributed by atoms with E-state index < -0.39 is 12.1 Å². The van der Waals surface area contributed by atoms with Gasteiger partial charge in [-0.15, -0.1) is 11.8 Å². The number of phenolic OH excluding ortho intramolecular Hbond substituents is 1. The molecular weight excluding hydrogens is 392 g/mol. The van der Waals surface area contributed by atoms with E-state index in [1.165, 1.54) is 4.90 Å². The Morgan fingerprint density at radius 2 is 1.76 bits per heavy atom. The van der Waals surface area contributed by atoms with E-state index in [2.05, 4.69) is 0 Å². The van der Waals surface area contributed by atoms with Gasteiger partial charge in [0.05, 0.1) is 19.3 Å². The Balaban J connectivity index is 1.84. The summed E-state index contributed by atoms with van der Waals surface area (Å²) in [5, 5.41) is 19.7. The van der Waals surface area contributed by atoms with E-state index in [4.69, 9.17) is 14.2 Å². The number of para-hydroxylation sites is 1. The van der Waals surface area contributed by atoms with Gasteiger partial charge in [0, 0.05) is 23.3 Å². The summed E-state index contributed by atoms with van der Waals surface area (Å²) in [7, 11) is 0. The summed E-state index contributed by atoms with van der Waals surface area (Å²) in [6.45, 7) is 4.40. The first-order chi connectivity index (χ1) is 13.9. The summed E-state index contributed by atoms with van der Waals surface area (Å²) in [6, 6.07) is 12.9. The fourth-order valence-corrected chi connectivity index (χ4v) is 3.08. The van der Waals surface area contributed by atoms with Crippen molar-refractivity contribution < 1.29 is 29.2 Å². The van der Waals surface area contributed by atoms with Crippen LogP contribution in [0, 0.1) is 0 Å². The average molecular weight is 421 g/mol. The van der Waals surface area contributed by atoms with E-state index in [1.54, 1.807) is 43.8 Å². The van der Waals surface area contributed by atoms with Crippen molar-refractivity contribution in [2.24, 2.45) is 0 Å². The molecule has 0 aliphatic carbocycles. The number of hydrogen-bond acceptors (Lipinski definition) is 6. The number of hydrogen-bond donors (Lipinski definition) is 2. The van der Waals surface area contributed by atoms with Crippen LogP contribution < -0.4 is 9.47 Å². The number of benzene rings is 2. The molecule has 2 aromatic carbocycles. The summed E-state index contributed by atoms with van der Waals surface area (Å²) in [5.41, 5.74) is 0.473. The van der Waals surface area contributed by atoms with Crippen molar-refractivity contribution in [3.8, 4) is 17.2 Å². The van der Waals surface area contributed by atoms with Gasteiger partial charge in [-0.05, 0) is 50.4 Å². The highest BCUT2D eigenvalue weighted by molar-refractivity contribution is 7.98. The highest BCUT2D eigenvalue weighted by Crippen LogP contribution is 2.31. The molecule has 0 saturated heterocycles. The first-order valence-electron chi connectivity index (χ1n) is 9.49. The van der Waals surface area contributed by atoms with Crippen LogP contribution in [0.3, 0.4) is 0 Å². The molecule has 6 nitrogen and oxygen atoms in total. The summed E-state index contributed by atoms with van der Waals surface area (Å²) in [5.74, 6) is 0.00447. The van der Waals surface area contributed by atoms with Gasteiger partial charge in [0.2, 0.25) is 0 Å². The second-order valence-electron chi connectivity index (χ2n) is 6.71. The number of ether oxygens (including phenoxy) is 3. The molecule has 29 heavy (non-hydrogen) atoms. The van der Waals surface area contributed by atoms with Crippen LogP contribution in [0.1, 0.15) is 25.8 Å². The molecular formula is C22H28O6S. The maximum atomic E-state index is 11.4. The molecule has 7 heteroatoms. The molecule has 0 bridgehead atoms. The molecule has 0 spiro atoms. The Morgan fingerprint density at radius 1 is 1.07 bits per heavy atom. The van der Waals surface area contributed by atoms with Crippen molar-refractivity contribution in [3.63, 3.8) is 0 Å². The molecule has 158 valence electrons. The van der Waals surface area contributed by atoms with E-state index in [0.717, 1.165) is 5.75 Å². The third-order valence-electron chi connectivity index (χ3n) is 4.07. The van der Waals surface area contributed by atoms with E-state index in [9.17, 15) is 15.0 Å². The van der Waals surface area contributed by atoms with E-state index in [-0.39, 0.29) is 18.3 Å². The first kappa shape index (κ1) is 22.9. The number of thioether (sulfide) groups is 1. The van der Waals surface area contributed by atoms with Crippen molar-refractivity contribution in [1.29, 1.82) is 0 Å². The number of carboxylic acids is 1. The summed E-state index contributed by atoms with van der Waals surface area (Å²) < 4.78 is 16.7. The molecule has 2 N–H and O–H groups in total. The van der Waals surface area contributed by atoms with Crippen LogP contribution in [-0.2, 0) is 16.0 Å². The number of phenols is 1. The van der Waals surface area contributed by atoms with Crippen LogP contribution >= 0.6 is 11.8 Å². The molecule has 0 radical (unpaired) electrons. The lowest BCUT2D eigenvalue weighted by Crippen LogP contribution is -2.29. The number of aliphatic carboxylic acids is 1. The predicted octanol–water partition coefficient (Wildman–Crippen LogP) is 4.38. The molecule has 1 atom stereocenters. The zero-order valence-corrected chi connectivity index (χ0v) is 17.8. The third-order valence-corrected chi connectivity index (χ3v) is 4.82. The zero-order valence-electron chi connectivity index (χ0n) is 17.0. The molecule has 0 saturated carbocycles. The van der Waals surface area contributed by atoms with Crippen molar-refractivity contribution in [2.75, 3.05) is 19.5 Å². The van der Waals surface area contributed by atoms with Crippen molar-refractivity contribution >= 4 is 17.7 Å². The zero-order chi connectivity index (χ0) is 21.2. The fraction of sp³-hybridized carbons (Fsp3) is 0.409. The van der Waals surface area contributed by atoms with Crippen LogP contribution in [-0.4, -0.2) is 47.9 Å². The Kier molecular flexibility index (Phi) is 9.15. The van der Waals surface area contributed by atoms with Crippen LogP contribution in [0.5, 0.6) is 17.2 Å². The molecule has 0 fully saturated rings. The highest BCUT2D eigenvalue weighted by Gasteiger charge is 2.22. The molecule has 0 aliphatic heterocycles. The van der Waals surface area contributed by atoms with Crippen LogP contribution in [0.15, 0.2) is 47.4 Å². The Hall–Kier alpha value is -2.38. The molecule has 0 heterocycles. The molecule has 2 aromatic rings. The summed E-state index contributed by atoms with van der Waals surface area (Å²) in [4.78, 5) is 12.6. The number of carbonyl (C=O) groups is 1. The molecule has 1 unspecified atom stereocenters. The normalized spacial score (nSPS) is 12.0. The van der Waals surface area contributed by atoms with Gasteiger partial charge in [-0.2, -0.15) is 0 Å². The Bertz CT molecular complexity index is 775. The number of aromatic hydroxyl groups is 1. The van der Waals surface area contributed by atoms with E-state index in [1.807, 2.05) is 30.5 Å². The lowest BCUT2D eigenvalue weighted by Gasteiger charge is -2.18. The number of carboxylic acid groups (broad SMARTS) is 1. The topological polar surface area (TPSA) is 85.2 Å². The lowest BCUT2D eigenvalue weighted by atomic mass is 10.1. The SMILES string of the molecule is CSc1ccc(OCCCOc2cccc(CC(OC(C)C)C(=O)O)c2O)cc1. The molecule has 0 aliphatic rings. The smallest absolute Gasteiger partial charge is 0.333 e. The van der Waals surface area contributed by atoms with E-state index in [0.29, 0.717) is 30.9 Å². The third kappa shape index (κ3) is 7.51. The quantitative estimate of drug-likeness (QED) is 0.389. The molecule has 0 aromatic heterocycles. The lowest BCUT2D eigenvalue weighted by molar-refractivity contribution is -0.153. The first-order valence-corrected chi connectivity index (χ1v) is 10.7. The maximum absolute atomic E-state index is 11.4. The average Bonchev–Trinajstić information content (AvgIpc) is 2.69. The Morgan fingerprint density at radius 3 is 2.38 bits per heavy atom. The van der Waals surface area contributed by atoms with Crippen molar-refractivity contribution in [2.45, 2.75) is 43.8 Å². The van der Waals surface area contributed by atoms with Gasteiger partial charge in [0.15, 0.2) is 17.6 Å². The van der Waals surface area contributed by atoms with Crippen LogP contribution in [0.25, 0.3) is 0 Å². The standard InChI is InChI=1S/C22H28O6S/c1-15(2)28-20(22(24)25)14-16-6-4-7-19(21(16)23)27-13-5-12-26-17-8-10-18(29-3)11-9-17/h4,6-11,15,20,23H,5,12-14H2,1-3H3,(H,24,25). The molecule has 0 amide bonds. The largest absolute Gasteiger partial charge is 0.504 e. The van der Waals surface area contributed by atoms with Gasteiger partial charge in [-0.3, -0.25) is 0 Å². The fourth-order valence-electron chi connectivity index (χ4n) is 2.67. The molecule has 2 rings (SSSR count). The highest BCUT2D eigenvalue weighted by atomic mass is 32.2. The van der Waals surface area contributed by atoms with E-state index >= 15 is 0 Å². The van der Waals surface area contributed by atoms with Crippen LogP contribution in [0.4, 0.5) is 0 Å². The maximum Gasteiger partial charge on any atom is 0.333 e. The number of rotatable bonds is 12. The van der Waals surface area contributed by atoms with Gasteiger partial charge in [-0.1, -0.05) is 12.1 Å². The van der Waals surface area contributed by atoms with Gasteiger partial charge < -0.3 is 24.4 Å². The minimum Gasteiger partial charge on any atom is -0.504 e. The van der Waals surface area contributed by atoms with Gasteiger partial charge in [-0.25, -0.2) is 4.79 Å². The van der Waals surface area contributed by atoms with Gasteiger partial charge in [0.25, 0.3) is 0 Å². The second kappa shape index (κ2) is 11.6. The van der Waals surface area contributed by atoms with Crippen LogP contribution in [0.2, 0.25) is 0 Å².